The number of hydrogen-bond donors (Lipinski definition) is 4. The second-order valence-corrected chi connectivity index (χ2v) is 8.58. The first-order chi connectivity index (χ1) is 12.5. The maximum absolute atomic E-state index is 12.6. The zero-order valence-corrected chi connectivity index (χ0v) is 15.1. The van der Waals surface area contributed by atoms with Crippen molar-refractivity contribution in [1.29, 1.82) is 0 Å². The Kier molecular flexibility index (Phi) is 4.39. The van der Waals surface area contributed by atoms with Gasteiger partial charge in [0.2, 0.25) is 0 Å². The summed E-state index contributed by atoms with van der Waals surface area (Å²) < 4.78 is 0. The first-order valence-electron chi connectivity index (χ1n) is 9.59. The Bertz CT molecular complexity index is 665. The van der Waals surface area contributed by atoms with E-state index in [4.69, 9.17) is 5.21 Å². The summed E-state index contributed by atoms with van der Waals surface area (Å²) in [6.07, 6.45) is 7.45. The zero-order valence-electron chi connectivity index (χ0n) is 15.1. The molecule has 6 heteroatoms. The molecule has 0 unspecified atom stereocenters. The Balaban J connectivity index is 1.36. The van der Waals surface area contributed by atoms with E-state index in [1.165, 1.54) is 19.3 Å². The number of benzene rings is 1. The summed E-state index contributed by atoms with van der Waals surface area (Å²) in [6, 6.07) is 6.60. The van der Waals surface area contributed by atoms with E-state index in [0.717, 1.165) is 42.6 Å². The summed E-state index contributed by atoms with van der Waals surface area (Å²) in [7, 11) is 0. The van der Waals surface area contributed by atoms with Gasteiger partial charge in [-0.3, -0.25) is 10.0 Å². The lowest BCUT2D eigenvalue weighted by atomic mass is 9.53. The molecule has 0 aromatic heterocycles. The maximum atomic E-state index is 12.6. The van der Waals surface area contributed by atoms with E-state index in [0.29, 0.717) is 5.56 Å². The molecule has 0 spiro atoms. The van der Waals surface area contributed by atoms with Gasteiger partial charge in [0.25, 0.3) is 5.91 Å². The van der Waals surface area contributed by atoms with E-state index in [1.807, 2.05) is 6.92 Å². The molecule has 0 heterocycles. The summed E-state index contributed by atoms with van der Waals surface area (Å²) in [5.41, 5.74) is 2.91. The summed E-state index contributed by atoms with van der Waals surface area (Å²) in [6.45, 7) is 1.93. The van der Waals surface area contributed by atoms with Gasteiger partial charge in [0.1, 0.15) is 0 Å². The molecule has 4 aliphatic rings. The van der Waals surface area contributed by atoms with Gasteiger partial charge in [-0.25, -0.2) is 10.3 Å². The van der Waals surface area contributed by atoms with Crippen molar-refractivity contribution in [3.63, 3.8) is 0 Å². The molecule has 26 heavy (non-hydrogen) atoms. The average Bonchev–Trinajstić information content (AvgIpc) is 2.59. The van der Waals surface area contributed by atoms with Gasteiger partial charge in [0, 0.05) is 11.1 Å². The SMILES string of the molecule is C[C@@H](NC(=O)NC12CC3CC(CC(C3)C1)C2)c1ccc(C(=O)NO)cc1. The monoisotopic (exact) mass is 357 g/mol. The van der Waals surface area contributed by atoms with Crippen molar-refractivity contribution in [2.45, 2.75) is 57.0 Å². The van der Waals surface area contributed by atoms with Gasteiger partial charge < -0.3 is 10.6 Å². The van der Waals surface area contributed by atoms with Crippen molar-refractivity contribution < 1.29 is 14.8 Å². The Hall–Kier alpha value is -2.08. The molecule has 0 radical (unpaired) electrons. The summed E-state index contributed by atoms with van der Waals surface area (Å²) in [4.78, 5) is 24.0. The van der Waals surface area contributed by atoms with E-state index in [-0.39, 0.29) is 17.6 Å². The van der Waals surface area contributed by atoms with Crippen LogP contribution in [-0.4, -0.2) is 22.7 Å². The van der Waals surface area contributed by atoms with Crippen molar-refractivity contribution >= 4 is 11.9 Å². The number of rotatable bonds is 4. The van der Waals surface area contributed by atoms with Gasteiger partial charge in [-0.15, -0.1) is 0 Å². The van der Waals surface area contributed by atoms with Crippen LogP contribution >= 0.6 is 0 Å². The van der Waals surface area contributed by atoms with Crippen molar-refractivity contribution in [2.75, 3.05) is 0 Å². The molecule has 6 nitrogen and oxygen atoms in total. The van der Waals surface area contributed by atoms with Gasteiger partial charge in [0.05, 0.1) is 6.04 Å². The first kappa shape index (κ1) is 17.3. The fourth-order valence-electron chi connectivity index (χ4n) is 5.81. The number of carbonyl (C=O) groups is 2. The molecule has 0 saturated heterocycles. The molecule has 0 aliphatic heterocycles. The maximum Gasteiger partial charge on any atom is 0.315 e. The third-order valence-electron chi connectivity index (χ3n) is 6.54. The molecule has 1 atom stereocenters. The Morgan fingerprint density at radius 3 is 2.08 bits per heavy atom. The summed E-state index contributed by atoms with van der Waals surface area (Å²) >= 11 is 0. The molecular formula is C20H27N3O3. The van der Waals surface area contributed by atoms with Crippen LogP contribution in [0.2, 0.25) is 0 Å². The predicted molar refractivity (Wildman–Crippen MR) is 96.7 cm³/mol. The highest BCUT2D eigenvalue weighted by Gasteiger charge is 2.51. The minimum absolute atomic E-state index is 0.00161. The quantitative estimate of drug-likeness (QED) is 0.493. The van der Waals surface area contributed by atoms with Crippen LogP contribution in [0.15, 0.2) is 24.3 Å². The fourth-order valence-corrected chi connectivity index (χ4v) is 5.81. The van der Waals surface area contributed by atoms with Gasteiger partial charge in [-0.05, 0) is 80.9 Å². The molecule has 140 valence electrons. The van der Waals surface area contributed by atoms with E-state index >= 15 is 0 Å². The van der Waals surface area contributed by atoms with Crippen LogP contribution in [0.4, 0.5) is 4.79 Å². The highest BCUT2D eigenvalue weighted by atomic mass is 16.5. The first-order valence-corrected chi connectivity index (χ1v) is 9.59. The zero-order chi connectivity index (χ0) is 18.3. The number of hydroxylamine groups is 1. The standard InChI is InChI=1S/C20H27N3O3/c1-12(16-2-4-17(5-3-16)18(24)23-26)21-19(25)22-20-9-13-6-14(10-20)8-15(7-13)11-20/h2-5,12-15,26H,6-11H2,1H3,(H,23,24)(H2,21,22,25)/t12-,13?,14?,15?,20?/m1/s1. The molecule has 1 aromatic rings. The van der Waals surface area contributed by atoms with Crippen molar-refractivity contribution in [3.8, 4) is 0 Å². The third kappa shape index (κ3) is 3.30. The Labute approximate surface area is 153 Å². The number of hydrogen-bond acceptors (Lipinski definition) is 3. The molecular weight excluding hydrogens is 330 g/mol. The van der Waals surface area contributed by atoms with Crippen LogP contribution in [0.5, 0.6) is 0 Å². The molecule has 4 aliphatic carbocycles. The van der Waals surface area contributed by atoms with Crippen molar-refractivity contribution in [2.24, 2.45) is 17.8 Å². The highest BCUT2D eigenvalue weighted by molar-refractivity contribution is 5.93. The average molecular weight is 357 g/mol. The van der Waals surface area contributed by atoms with Crippen molar-refractivity contribution in [1.82, 2.24) is 16.1 Å². The minimum atomic E-state index is -0.545. The molecule has 4 fully saturated rings. The lowest BCUT2D eigenvalue weighted by Gasteiger charge is -2.56. The minimum Gasteiger partial charge on any atom is -0.333 e. The topological polar surface area (TPSA) is 90.5 Å². The second kappa shape index (κ2) is 6.58. The van der Waals surface area contributed by atoms with E-state index in [1.54, 1.807) is 29.7 Å². The highest BCUT2D eigenvalue weighted by Crippen LogP contribution is 2.55. The lowest BCUT2D eigenvalue weighted by Crippen LogP contribution is -2.61. The number of urea groups is 1. The van der Waals surface area contributed by atoms with E-state index < -0.39 is 5.91 Å². The molecule has 1 aromatic carbocycles. The Morgan fingerprint density at radius 1 is 1.04 bits per heavy atom. The molecule has 5 rings (SSSR count). The predicted octanol–water partition coefficient (Wildman–Crippen LogP) is 3.13. The van der Waals surface area contributed by atoms with Crippen LogP contribution < -0.4 is 16.1 Å². The van der Waals surface area contributed by atoms with Crippen molar-refractivity contribution in [3.05, 3.63) is 35.4 Å². The fraction of sp³-hybridized carbons (Fsp3) is 0.600. The third-order valence-corrected chi connectivity index (χ3v) is 6.54. The molecule has 3 amide bonds. The number of amides is 3. The number of carbonyl (C=O) groups excluding carboxylic acids is 2. The smallest absolute Gasteiger partial charge is 0.315 e. The van der Waals surface area contributed by atoms with Gasteiger partial charge in [-0.2, -0.15) is 0 Å². The molecule has 4 saturated carbocycles. The summed E-state index contributed by atoms with van der Waals surface area (Å²) in [5, 5.41) is 15.0. The van der Waals surface area contributed by atoms with Crippen LogP contribution in [0.1, 0.15) is 67.4 Å². The normalized spacial score (nSPS) is 32.8. The van der Waals surface area contributed by atoms with Gasteiger partial charge >= 0.3 is 6.03 Å². The van der Waals surface area contributed by atoms with E-state index in [9.17, 15) is 9.59 Å². The largest absolute Gasteiger partial charge is 0.333 e. The van der Waals surface area contributed by atoms with Gasteiger partial charge in [-0.1, -0.05) is 12.1 Å². The molecule has 4 N–H and O–H groups in total. The van der Waals surface area contributed by atoms with Crippen LogP contribution in [0.25, 0.3) is 0 Å². The Morgan fingerprint density at radius 2 is 1.58 bits per heavy atom. The lowest BCUT2D eigenvalue weighted by molar-refractivity contribution is -0.0136. The van der Waals surface area contributed by atoms with Crippen LogP contribution in [-0.2, 0) is 0 Å². The van der Waals surface area contributed by atoms with E-state index in [2.05, 4.69) is 10.6 Å². The van der Waals surface area contributed by atoms with Gasteiger partial charge in [0.15, 0.2) is 0 Å². The van der Waals surface area contributed by atoms with Crippen LogP contribution in [0.3, 0.4) is 0 Å². The number of nitrogens with one attached hydrogen (secondary N) is 3. The van der Waals surface area contributed by atoms with Crippen LogP contribution in [0, 0.1) is 17.8 Å². The second-order valence-electron chi connectivity index (χ2n) is 8.58. The molecule has 4 bridgehead atoms. The summed E-state index contributed by atoms with van der Waals surface area (Å²) in [5.74, 6) is 1.84.